The molecule has 1 N–H and O–H groups in total. The second-order valence-electron chi connectivity index (χ2n) is 15.2. The highest BCUT2D eigenvalue weighted by atomic mass is 16.3. The van der Waals surface area contributed by atoms with Crippen LogP contribution in [0.1, 0.15) is 126 Å². The smallest absolute Gasteiger partial charge is 0.0758 e. The van der Waals surface area contributed by atoms with Crippen molar-refractivity contribution in [1.82, 2.24) is 0 Å². The van der Waals surface area contributed by atoms with E-state index >= 15 is 0 Å². The van der Waals surface area contributed by atoms with Crippen molar-refractivity contribution in [2.45, 2.75) is 132 Å². The van der Waals surface area contributed by atoms with Crippen LogP contribution in [0, 0.1) is 44.3 Å². The van der Waals surface area contributed by atoms with Crippen molar-refractivity contribution in [3.05, 3.63) is 11.1 Å². The molecule has 5 aliphatic carbocycles. The maximum Gasteiger partial charge on any atom is 0.0758 e. The monoisotopic (exact) mass is 426 g/mol. The van der Waals surface area contributed by atoms with Crippen LogP contribution in [0.2, 0.25) is 0 Å². The molecule has 0 spiro atoms. The Balaban J connectivity index is 1.60. The lowest BCUT2D eigenvalue weighted by Gasteiger charge is -2.72. The van der Waals surface area contributed by atoms with Gasteiger partial charge in [-0.15, -0.1) is 0 Å². The van der Waals surface area contributed by atoms with Gasteiger partial charge in [-0.25, -0.2) is 0 Å². The summed E-state index contributed by atoms with van der Waals surface area (Å²) in [7, 11) is 0. The quantitative estimate of drug-likeness (QED) is 0.386. The van der Waals surface area contributed by atoms with E-state index in [2.05, 4.69) is 55.4 Å². The fourth-order valence-corrected chi connectivity index (χ4v) is 10.5. The molecule has 0 amide bonds. The number of allylic oxidation sites excluding steroid dienone is 1. The zero-order valence-electron chi connectivity index (χ0n) is 22.0. The van der Waals surface area contributed by atoms with Crippen molar-refractivity contribution in [2.24, 2.45) is 44.3 Å². The third-order valence-corrected chi connectivity index (χ3v) is 12.8. The lowest BCUT2D eigenvalue weighted by molar-refractivity contribution is -0.219. The summed E-state index contributed by atoms with van der Waals surface area (Å²) in [5.41, 5.74) is 5.53. The van der Waals surface area contributed by atoms with Gasteiger partial charge in [0.15, 0.2) is 0 Å². The number of hydrogen-bond acceptors (Lipinski definition) is 1. The van der Waals surface area contributed by atoms with E-state index < -0.39 is 0 Å². The summed E-state index contributed by atoms with van der Waals surface area (Å²) >= 11 is 0. The summed E-state index contributed by atoms with van der Waals surface area (Å²) in [4.78, 5) is 0. The van der Waals surface area contributed by atoms with Gasteiger partial charge in [0, 0.05) is 0 Å². The molecule has 1 nitrogen and oxygen atoms in total. The molecule has 3 fully saturated rings. The van der Waals surface area contributed by atoms with E-state index in [4.69, 9.17) is 0 Å². The van der Waals surface area contributed by atoms with Gasteiger partial charge >= 0.3 is 0 Å². The molecule has 3 saturated carbocycles. The van der Waals surface area contributed by atoms with Gasteiger partial charge in [0.25, 0.3) is 0 Å². The third kappa shape index (κ3) is 2.83. The Morgan fingerprint density at radius 3 is 2.00 bits per heavy atom. The average molecular weight is 427 g/mol. The SMILES string of the molecule is CC1(C)CCC2(C)CCC3(C)C4CCC5=C(C(O)CCC5(C)C)C4(C)CCC3(C)C2C1. The van der Waals surface area contributed by atoms with E-state index in [9.17, 15) is 5.11 Å². The summed E-state index contributed by atoms with van der Waals surface area (Å²) < 4.78 is 0. The molecule has 0 heterocycles. The summed E-state index contributed by atoms with van der Waals surface area (Å²) in [6, 6.07) is 0. The molecule has 0 bridgehead atoms. The van der Waals surface area contributed by atoms with E-state index in [1.165, 1.54) is 63.4 Å². The topological polar surface area (TPSA) is 20.2 Å². The minimum absolute atomic E-state index is 0.189. The van der Waals surface area contributed by atoms with Crippen molar-refractivity contribution in [2.75, 3.05) is 0 Å². The molecular formula is C30H50O. The molecule has 5 aliphatic rings. The lowest BCUT2D eigenvalue weighted by Crippen LogP contribution is -2.65. The highest BCUT2D eigenvalue weighted by Gasteiger charge is 2.68. The van der Waals surface area contributed by atoms with Crippen LogP contribution in [0.25, 0.3) is 0 Å². The fraction of sp³-hybridized carbons (Fsp3) is 0.933. The van der Waals surface area contributed by atoms with Crippen molar-refractivity contribution in [3.63, 3.8) is 0 Å². The van der Waals surface area contributed by atoms with Crippen LogP contribution in [0.3, 0.4) is 0 Å². The Morgan fingerprint density at radius 2 is 1.29 bits per heavy atom. The molecule has 5 rings (SSSR count). The van der Waals surface area contributed by atoms with Gasteiger partial charge in [-0.2, -0.15) is 0 Å². The van der Waals surface area contributed by atoms with Crippen LogP contribution in [-0.2, 0) is 0 Å². The number of rotatable bonds is 0. The minimum atomic E-state index is -0.189. The molecule has 0 aromatic heterocycles. The second-order valence-corrected chi connectivity index (χ2v) is 15.2. The summed E-state index contributed by atoms with van der Waals surface area (Å²) in [5, 5.41) is 11.3. The third-order valence-electron chi connectivity index (χ3n) is 12.8. The Hall–Kier alpha value is -0.300. The van der Waals surface area contributed by atoms with Crippen LogP contribution in [0.5, 0.6) is 0 Å². The molecule has 0 radical (unpaired) electrons. The first-order valence-corrected chi connectivity index (χ1v) is 13.6. The van der Waals surface area contributed by atoms with Gasteiger partial charge in [-0.05, 0) is 121 Å². The molecule has 7 unspecified atom stereocenters. The highest BCUT2D eigenvalue weighted by Crippen LogP contribution is 2.76. The van der Waals surface area contributed by atoms with E-state index in [1.807, 2.05) is 0 Å². The molecule has 0 aliphatic heterocycles. The predicted octanol–water partition coefficient (Wildman–Crippen LogP) is 8.31. The lowest BCUT2D eigenvalue weighted by atomic mass is 9.32. The van der Waals surface area contributed by atoms with Crippen molar-refractivity contribution >= 4 is 0 Å². The molecule has 0 aromatic rings. The van der Waals surface area contributed by atoms with Gasteiger partial charge in [0.1, 0.15) is 0 Å². The number of fused-ring (bicyclic) bond motifs is 6. The molecule has 176 valence electrons. The largest absolute Gasteiger partial charge is 0.389 e. The molecule has 7 atom stereocenters. The molecule has 31 heavy (non-hydrogen) atoms. The van der Waals surface area contributed by atoms with Gasteiger partial charge < -0.3 is 5.11 Å². The Bertz CT molecular complexity index is 803. The van der Waals surface area contributed by atoms with Crippen molar-refractivity contribution < 1.29 is 5.11 Å². The van der Waals surface area contributed by atoms with Crippen LogP contribution in [0.4, 0.5) is 0 Å². The molecular weight excluding hydrogens is 376 g/mol. The van der Waals surface area contributed by atoms with Crippen molar-refractivity contribution in [3.8, 4) is 0 Å². The summed E-state index contributed by atoms with van der Waals surface area (Å²) in [6.45, 7) is 20.6. The van der Waals surface area contributed by atoms with Gasteiger partial charge in [-0.1, -0.05) is 61.0 Å². The molecule has 0 saturated heterocycles. The first-order valence-electron chi connectivity index (χ1n) is 13.6. The average Bonchev–Trinajstić information content (AvgIpc) is 2.68. The van der Waals surface area contributed by atoms with Crippen LogP contribution in [0.15, 0.2) is 11.1 Å². The summed E-state index contributed by atoms with van der Waals surface area (Å²) in [5.74, 6) is 1.59. The van der Waals surface area contributed by atoms with Gasteiger partial charge in [0.2, 0.25) is 0 Å². The van der Waals surface area contributed by atoms with E-state index in [0.717, 1.165) is 24.7 Å². The normalized spacial score (nSPS) is 53.1. The molecule has 1 heteroatoms. The minimum Gasteiger partial charge on any atom is -0.389 e. The second kappa shape index (κ2) is 6.43. The van der Waals surface area contributed by atoms with Gasteiger partial charge in [-0.3, -0.25) is 0 Å². The number of aliphatic hydroxyl groups is 1. The van der Waals surface area contributed by atoms with E-state index in [1.54, 1.807) is 5.57 Å². The van der Waals surface area contributed by atoms with E-state index in [0.29, 0.717) is 21.7 Å². The van der Waals surface area contributed by atoms with Crippen LogP contribution < -0.4 is 0 Å². The highest BCUT2D eigenvalue weighted by molar-refractivity contribution is 5.38. The Morgan fingerprint density at radius 1 is 0.677 bits per heavy atom. The maximum atomic E-state index is 11.3. The van der Waals surface area contributed by atoms with Gasteiger partial charge in [0.05, 0.1) is 6.10 Å². The number of aliphatic hydroxyl groups excluding tert-OH is 1. The fourth-order valence-electron chi connectivity index (χ4n) is 10.5. The van der Waals surface area contributed by atoms with Crippen LogP contribution in [-0.4, -0.2) is 11.2 Å². The molecule has 0 aromatic carbocycles. The van der Waals surface area contributed by atoms with Crippen molar-refractivity contribution in [1.29, 1.82) is 0 Å². The number of hydrogen-bond donors (Lipinski definition) is 1. The Kier molecular flexibility index (Phi) is 4.66. The zero-order chi connectivity index (χ0) is 22.7. The maximum absolute atomic E-state index is 11.3. The zero-order valence-corrected chi connectivity index (χ0v) is 22.0. The predicted molar refractivity (Wildman–Crippen MR) is 131 cm³/mol. The Labute approximate surface area is 192 Å². The first kappa shape index (κ1) is 22.5. The standard InChI is InChI=1S/C30H50O/c1-25(2)13-14-27(5)15-17-29(7)22-10-9-20-24(21(31)11-12-26(20,3)4)28(22,6)16-18-30(29,8)23(27)19-25/h21-23,31H,9-19H2,1-8H3. The first-order chi connectivity index (χ1) is 14.2. The summed E-state index contributed by atoms with van der Waals surface area (Å²) in [6.07, 6.45) is 14.3. The van der Waals surface area contributed by atoms with Crippen LogP contribution >= 0.6 is 0 Å². The van der Waals surface area contributed by atoms with E-state index in [-0.39, 0.29) is 16.9 Å².